The summed E-state index contributed by atoms with van der Waals surface area (Å²) in [5.41, 5.74) is 5.34. The Kier molecular flexibility index (Phi) is 4.99. The number of nitrogens with one attached hydrogen (secondary N) is 1. The highest BCUT2D eigenvalue weighted by Crippen LogP contribution is 2.28. The van der Waals surface area contributed by atoms with Crippen molar-refractivity contribution in [3.05, 3.63) is 64.2 Å². The number of rotatable bonds is 5. The van der Waals surface area contributed by atoms with Gasteiger partial charge in [0.2, 0.25) is 5.91 Å². The van der Waals surface area contributed by atoms with Crippen molar-refractivity contribution in [1.29, 1.82) is 0 Å². The van der Waals surface area contributed by atoms with Crippen molar-refractivity contribution in [2.24, 2.45) is 0 Å². The Bertz CT molecular complexity index is 964. The lowest BCUT2D eigenvalue weighted by Gasteiger charge is -2.19. The molecule has 1 heterocycles. The number of aryl methyl sites for hydroxylation is 2. The number of fused-ring (bicyclic) bond motifs is 2. The van der Waals surface area contributed by atoms with Crippen molar-refractivity contribution in [3.8, 4) is 0 Å². The molecular formula is C23H24N2O3. The van der Waals surface area contributed by atoms with E-state index < -0.39 is 0 Å². The Labute approximate surface area is 164 Å². The standard InChI is InChI=1S/C23H24N2O3/c1-15-11-12-18-19(14-15)23(28)25(22(18)27)13-5-10-21(26)24-20-9-4-7-16-6-2-3-8-17(16)20/h4,7,9,11-12,14H,2-3,5-6,8,10,13H2,1H3,(H,24,26). The topological polar surface area (TPSA) is 66.5 Å². The molecule has 0 bridgehead atoms. The van der Waals surface area contributed by atoms with E-state index in [0.29, 0.717) is 17.5 Å². The number of nitrogens with zero attached hydrogens (tertiary/aromatic N) is 1. The second-order valence-corrected chi connectivity index (χ2v) is 7.61. The van der Waals surface area contributed by atoms with Crippen LogP contribution in [0.15, 0.2) is 36.4 Å². The van der Waals surface area contributed by atoms with Gasteiger partial charge in [0.1, 0.15) is 0 Å². The zero-order valence-corrected chi connectivity index (χ0v) is 16.1. The number of carbonyl (C=O) groups is 3. The quantitative estimate of drug-likeness (QED) is 0.805. The molecule has 2 aromatic rings. The van der Waals surface area contributed by atoms with E-state index in [1.807, 2.05) is 25.1 Å². The zero-order valence-electron chi connectivity index (χ0n) is 16.1. The van der Waals surface area contributed by atoms with Gasteiger partial charge in [0.15, 0.2) is 0 Å². The van der Waals surface area contributed by atoms with Crippen LogP contribution >= 0.6 is 0 Å². The first-order valence-corrected chi connectivity index (χ1v) is 9.92. The van der Waals surface area contributed by atoms with Crippen LogP contribution in [0, 0.1) is 6.92 Å². The number of anilines is 1. The van der Waals surface area contributed by atoms with Crippen molar-refractivity contribution in [2.45, 2.75) is 45.4 Å². The molecule has 28 heavy (non-hydrogen) atoms. The maximum atomic E-state index is 12.5. The molecule has 1 aliphatic heterocycles. The maximum absolute atomic E-state index is 12.5. The molecular weight excluding hydrogens is 352 g/mol. The van der Waals surface area contributed by atoms with Crippen LogP contribution in [0.25, 0.3) is 0 Å². The van der Waals surface area contributed by atoms with E-state index in [0.717, 1.165) is 30.5 Å². The lowest BCUT2D eigenvalue weighted by atomic mass is 9.90. The summed E-state index contributed by atoms with van der Waals surface area (Å²) >= 11 is 0. The Morgan fingerprint density at radius 2 is 1.82 bits per heavy atom. The second kappa shape index (κ2) is 7.58. The Hall–Kier alpha value is -2.95. The average Bonchev–Trinajstić information content (AvgIpc) is 2.92. The highest BCUT2D eigenvalue weighted by molar-refractivity contribution is 6.21. The zero-order chi connectivity index (χ0) is 19.7. The molecule has 3 amide bonds. The molecule has 4 rings (SSSR count). The minimum Gasteiger partial charge on any atom is -0.326 e. The Balaban J connectivity index is 1.34. The fraction of sp³-hybridized carbons (Fsp3) is 0.348. The highest BCUT2D eigenvalue weighted by Gasteiger charge is 2.34. The SMILES string of the molecule is Cc1ccc2c(c1)C(=O)N(CCCC(=O)Nc1cccc3c1CCCC3)C2=O. The van der Waals surface area contributed by atoms with Crippen molar-refractivity contribution in [2.75, 3.05) is 11.9 Å². The van der Waals surface area contributed by atoms with E-state index >= 15 is 0 Å². The van der Waals surface area contributed by atoms with E-state index in [1.54, 1.807) is 12.1 Å². The fourth-order valence-corrected chi connectivity index (χ4v) is 4.12. The number of hydrogen-bond acceptors (Lipinski definition) is 3. The molecule has 0 saturated heterocycles. The molecule has 5 heteroatoms. The van der Waals surface area contributed by atoms with Crippen molar-refractivity contribution < 1.29 is 14.4 Å². The first-order valence-electron chi connectivity index (χ1n) is 9.92. The summed E-state index contributed by atoms with van der Waals surface area (Å²) in [6.07, 6.45) is 5.14. The van der Waals surface area contributed by atoms with Gasteiger partial charge in [-0.2, -0.15) is 0 Å². The summed E-state index contributed by atoms with van der Waals surface area (Å²) in [6.45, 7) is 2.15. The predicted molar refractivity (Wildman–Crippen MR) is 107 cm³/mol. The third kappa shape index (κ3) is 3.44. The van der Waals surface area contributed by atoms with E-state index in [9.17, 15) is 14.4 Å². The van der Waals surface area contributed by atoms with Crippen LogP contribution in [0.3, 0.4) is 0 Å². The first kappa shape index (κ1) is 18.4. The number of hydrogen-bond donors (Lipinski definition) is 1. The monoisotopic (exact) mass is 376 g/mol. The van der Waals surface area contributed by atoms with Gasteiger partial charge in [-0.15, -0.1) is 0 Å². The molecule has 144 valence electrons. The molecule has 0 saturated carbocycles. The molecule has 0 atom stereocenters. The van der Waals surface area contributed by atoms with E-state index in [2.05, 4.69) is 11.4 Å². The Morgan fingerprint density at radius 1 is 1.04 bits per heavy atom. The van der Waals surface area contributed by atoms with Gasteiger partial charge in [-0.05, 0) is 68.4 Å². The van der Waals surface area contributed by atoms with Crippen LogP contribution < -0.4 is 5.32 Å². The van der Waals surface area contributed by atoms with Crippen LogP contribution in [0.1, 0.15) is 63.1 Å². The summed E-state index contributed by atoms with van der Waals surface area (Å²) in [4.78, 5) is 38.6. The van der Waals surface area contributed by atoms with Crippen molar-refractivity contribution >= 4 is 23.4 Å². The smallest absolute Gasteiger partial charge is 0.261 e. The molecule has 2 aromatic carbocycles. The second-order valence-electron chi connectivity index (χ2n) is 7.61. The minimum atomic E-state index is -0.266. The van der Waals surface area contributed by atoms with Gasteiger partial charge in [0.05, 0.1) is 11.1 Å². The fourth-order valence-electron chi connectivity index (χ4n) is 4.12. The van der Waals surface area contributed by atoms with Gasteiger partial charge < -0.3 is 5.32 Å². The summed E-state index contributed by atoms with van der Waals surface area (Å²) in [5, 5.41) is 3.02. The largest absolute Gasteiger partial charge is 0.326 e. The molecule has 5 nitrogen and oxygen atoms in total. The summed E-state index contributed by atoms with van der Waals surface area (Å²) in [5.74, 6) is -0.606. The summed E-state index contributed by atoms with van der Waals surface area (Å²) < 4.78 is 0. The molecule has 0 radical (unpaired) electrons. The molecule has 2 aliphatic rings. The van der Waals surface area contributed by atoms with Crippen molar-refractivity contribution in [3.63, 3.8) is 0 Å². The highest BCUT2D eigenvalue weighted by atomic mass is 16.2. The number of amides is 3. The van der Waals surface area contributed by atoms with Crippen LogP contribution in [-0.2, 0) is 17.6 Å². The molecule has 0 unspecified atom stereocenters. The first-order chi connectivity index (χ1) is 13.5. The summed E-state index contributed by atoms with van der Waals surface area (Å²) in [6, 6.07) is 11.4. The van der Waals surface area contributed by atoms with Gasteiger partial charge >= 0.3 is 0 Å². The normalized spacial score (nSPS) is 15.4. The van der Waals surface area contributed by atoms with Crippen molar-refractivity contribution in [1.82, 2.24) is 4.90 Å². The minimum absolute atomic E-state index is 0.0774. The summed E-state index contributed by atoms with van der Waals surface area (Å²) in [7, 11) is 0. The number of imide groups is 1. The van der Waals surface area contributed by atoms with Crippen LogP contribution in [0.5, 0.6) is 0 Å². The third-order valence-electron chi connectivity index (χ3n) is 5.58. The molecule has 0 spiro atoms. The van der Waals surface area contributed by atoms with E-state index in [1.165, 1.54) is 22.4 Å². The van der Waals surface area contributed by atoms with E-state index in [-0.39, 0.29) is 30.7 Å². The number of carbonyl (C=O) groups excluding carboxylic acids is 3. The lowest BCUT2D eigenvalue weighted by Crippen LogP contribution is -2.31. The van der Waals surface area contributed by atoms with E-state index in [4.69, 9.17) is 0 Å². The van der Waals surface area contributed by atoms with Gasteiger partial charge in [0, 0.05) is 18.7 Å². The van der Waals surface area contributed by atoms with Gasteiger partial charge in [-0.1, -0.05) is 23.8 Å². The predicted octanol–water partition coefficient (Wildman–Crippen LogP) is 3.89. The molecule has 1 aliphatic carbocycles. The van der Waals surface area contributed by atoms with Crippen LogP contribution in [0.2, 0.25) is 0 Å². The Morgan fingerprint density at radius 3 is 2.68 bits per heavy atom. The van der Waals surface area contributed by atoms with Gasteiger partial charge in [0.25, 0.3) is 11.8 Å². The average molecular weight is 376 g/mol. The molecule has 1 N–H and O–H groups in total. The van der Waals surface area contributed by atoms with Crippen LogP contribution in [-0.4, -0.2) is 29.2 Å². The van der Waals surface area contributed by atoms with Gasteiger partial charge in [-0.25, -0.2) is 0 Å². The maximum Gasteiger partial charge on any atom is 0.261 e. The van der Waals surface area contributed by atoms with Gasteiger partial charge in [-0.3, -0.25) is 19.3 Å². The van der Waals surface area contributed by atoms with Crippen LogP contribution in [0.4, 0.5) is 5.69 Å². The lowest BCUT2D eigenvalue weighted by molar-refractivity contribution is -0.116. The number of benzene rings is 2. The molecule has 0 aromatic heterocycles. The molecule has 0 fully saturated rings. The third-order valence-corrected chi connectivity index (χ3v) is 5.58.